The second-order valence-corrected chi connectivity index (χ2v) is 3.74. The molecule has 1 heterocycles. The highest BCUT2D eigenvalue weighted by atomic mass is 35.5. The lowest BCUT2D eigenvalue weighted by molar-refractivity contribution is 0.0844. The first-order chi connectivity index (χ1) is 8.15. The minimum absolute atomic E-state index is 0.0470. The van der Waals surface area contributed by atoms with Gasteiger partial charge in [0.05, 0.1) is 13.2 Å². The van der Waals surface area contributed by atoms with Crippen LogP contribution < -0.4 is 9.47 Å². The van der Waals surface area contributed by atoms with Crippen LogP contribution in [0.3, 0.4) is 0 Å². The van der Waals surface area contributed by atoms with Gasteiger partial charge in [0, 0.05) is 7.11 Å². The number of hydrogen-bond acceptors (Lipinski definition) is 6. The Hall–Kier alpha value is -1.14. The average molecular weight is 262 g/mol. The molecule has 0 bridgehead atoms. The van der Waals surface area contributed by atoms with Crippen molar-refractivity contribution in [2.75, 3.05) is 20.3 Å². The van der Waals surface area contributed by atoms with Crippen molar-refractivity contribution in [2.45, 2.75) is 26.4 Å². The first-order valence-electron chi connectivity index (χ1n) is 5.35. The molecular weight excluding hydrogens is 246 g/mol. The van der Waals surface area contributed by atoms with E-state index in [1.54, 1.807) is 7.11 Å². The molecule has 0 spiro atoms. The number of nitrogens with zero attached hydrogens (tertiary/aromatic N) is 3. The molecule has 0 saturated carbocycles. The summed E-state index contributed by atoms with van der Waals surface area (Å²) in [6.07, 6.45) is 0.692. The third-order valence-electron chi connectivity index (χ3n) is 1.71. The number of halogens is 1. The van der Waals surface area contributed by atoms with Crippen molar-refractivity contribution in [3.63, 3.8) is 0 Å². The van der Waals surface area contributed by atoms with Crippen LogP contribution in [0.4, 0.5) is 0 Å². The largest absolute Gasteiger partial charge is 0.463 e. The summed E-state index contributed by atoms with van der Waals surface area (Å²) >= 11 is 5.74. The SMILES string of the molecule is CCCOc1nc(Cl)nc(OC(C)COC)n1. The lowest BCUT2D eigenvalue weighted by Crippen LogP contribution is -2.19. The molecule has 17 heavy (non-hydrogen) atoms. The van der Waals surface area contributed by atoms with E-state index in [9.17, 15) is 0 Å². The summed E-state index contributed by atoms with van der Waals surface area (Å²) in [6.45, 7) is 4.79. The number of rotatable bonds is 7. The van der Waals surface area contributed by atoms with Crippen LogP contribution >= 0.6 is 11.6 Å². The van der Waals surface area contributed by atoms with Gasteiger partial charge in [0.15, 0.2) is 0 Å². The highest BCUT2D eigenvalue weighted by Gasteiger charge is 2.10. The number of aromatic nitrogens is 3. The Morgan fingerprint density at radius 1 is 1.24 bits per heavy atom. The topological polar surface area (TPSA) is 66.4 Å². The molecule has 1 atom stereocenters. The van der Waals surface area contributed by atoms with Gasteiger partial charge in [0.25, 0.3) is 0 Å². The molecule has 0 saturated heterocycles. The third-order valence-corrected chi connectivity index (χ3v) is 1.88. The molecule has 0 aromatic carbocycles. The minimum atomic E-state index is -0.169. The van der Waals surface area contributed by atoms with E-state index in [2.05, 4.69) is 15.0 Å². The quantitative estimate of drug-likeness (QED) is 0.745. The van der Waals surface area contributed by atoms with Crippen molar-refractivity contribution in [3.8, 4) is 12.0 Å². The summed E-state index contributed by atoms with van der Waals surface area (Å²) < 4.78 is 15.6. The van der Waals surface area contributed by atoms with E-state index in [1.807, 2.05) is 13.8 Å². The lowest BCUT2D eigenvalue weighted by atomic mass is 10.4. The Morgan fingerprint density at radius 3 is 2.59 bits per heavy atom. The summed E-state index contributed by atoms with van der Waals surface area (Å²) in [7, 11) is 1.59. The Morgan fingerprint density at radius 2 is 1.94 bits per heavy atom. The average Bonchev–Trinajstić information content (AvgIpc) is 2.25. The summed E-state index contributed by atoms with van der Waals surface area (Å²) in [6, 6.07) is 0.312. The number of hydrogen-bond donors (Lipinski definition) is 0. The van der Waals surface area contributed by atoms with E-state index >= 15 is 0 Å². The zero-order valence-corrected chi connectivity index (χ0v) is 10.9. The monoisotopic (exact) mass is 261 g/mol. The molecule has 1 rings (SSSR count). The molecule has 96 valence electrons. The van der Waals surface area contributed by atoms with E-state index in [-0.39, 0.29) is 23.4 Å². The molecule has 0 radical (unpaired) electrons. The Labute approximate surface area is 105 Å². The Kier molecular flexibility index (Phi) is 5.93. The smallest absolute Gasteiger partial charge is 0.324 e. The van der Waals surface area contributed by atoms with Crippen LogP contribution in [0.5, 0.6) is 12.0 Å². The maximum atomic E-state index is 5.74. The molecule has 1 unspecified atom stereocenters. The predicted molar refractivity (Wildman–Crippen MR) is 62.6 cm³/mol. The van der Waals surface area contributed by atoms with Gasteiger partial charge in [-0.15, -0.1) is 4.98 Å². The molecule has 7 heteroatoms. The second-order valence-electron chi connectivity index (χ2n) is 3.40. The standard InChI is InChI=1S/C10H16ClN3O3/c1-4-5-16-9-12-8(11)13-10(14-9)17-7(2)6-15-3/h7H,4-6H2,1-3H3. The molecule has 1 aromatic heterocycles. The maximum Gasteiger partial charge on any atom is 0.324 e. The van der Waals surface area contributed by atoms with Crippen molar-refractivity contribution in [1.82, 2.24) is 15.0 Å². The highest BCUT2D eigenvalue weighted by molar-refractivity contribution is 6.28. The first kappa shape index (κ1) is 13.9. The molecule has 1 aromatic rings. The van der Waals surface area contributed by atoms with Gasteiger partial charge >= 0.3 is 12.0 Å². The van der Waals surface area contributed by atoms with Gasteiger partial charge in [-0.25, -0.2) is 0 Å². The van der Waals surface area contributed by atoms with Crippen molar-refractivity contribution >= 4 is 11.6 Å². The van der Waals surface area contributed by atoms with Gasteiger partial charge in [0.2, 0.25) is 5.28 Å². The summed E-state index contributed by atoms with van der Waals surface area (Å²) in [5, 5.41) is 0.0470. The molecule has 6 nitrogen and oxygen atoms in total. The number of ether oxygens (including phenoxy) is 3. The normalized spacial score (nSPS) is 12.2. The number of methoxy groups -OCH3 is 1. The van der Waals surface area contributed by atoms with Crippen LogP contribution in [0.15, 0.2) is 0 Å². The van der Waals surface area contributed by atoms with Crippen LogP contribution in [0.25, 0.3) is 0 Å². The minimum Gasteiger partial charge on any atom is -0.463 e. The van der Waals surface area contributed by atoms with Crippen molar-refractivity contribution in [3.05, 3.63) is 5.28 Å². The molecule has 0 aliphatic carbocycles. The van der Waals surface area contributed by atoms with Crippen molar-refractivity contribution in [2.24, 2.45) is 0 Å². The summed E-state index contributed by atoms with van der Waals surface area (Å²) in [5.74, 6) is 0. The molecular formula is C10H16ClN3O3. The van der Waals surface area contributed by atoms with Crippen LogP contribution in [0, 0.1) is 0 Å². The van der Waals surface area contributed by atoms with E-state index < -0.39 is 0 Å². The Balaban J connectivity index is 2.67. The third kappa shape index (κ3) is 5.14. The van der Waals surface area contributed by atoms with Crippen molar-refractivity contribution in [1.29, 1.82) is 0 Å². The lowest BCUT2D eigenvalue weighted by Gasteiger charge is -2.12. The van der Waals surface area contributed by atoms with E-state index in [0.717, 1.165) is 6.42 Å². The fourth-order valence-electron chi connectivity index (χ4n) is 1.07. The molecule has 0 fully saturated rings. The fourth-order valence-corrected chi connectivity index (χ4v) is 1.22. The van der Waals surface area contributed by atoms with Gasteiger partial charge in [-0.1, -0.05) is 6.92 Å². The van der Waals surface area contributed by atoms with Crippen LogP contribution in [0.2, 0.25) is 5.28 Å². The van der Waals surface area contributed by atoms with Crippen LogP contribution in [-0.4, -0.2) is 41.4 Å². The fraction of sp³-hybridized carbons (Fsp3) is 0.700. The highest BCUT2D eigenvalue weighted by Crippen LogP contribution is 2.14. The zero-order valence-electron chi connectivity index (χ0n) is 10.1. The second kappa shape index (κ2) is 7.24. The summed E-state index contributed by atoms with van der Waals surface area (Å²) in [4.78, 5) is 11.7. The van der Waals surface area contributed by atoms with E-state index in [1.165, 1.54) is 0 Å². The van der Waals surface area contributed by atoms with Gasteiger partial charge in [-0.3, -0.25) is 0 Å². The molecule has 0 aliphatic heterocycles. The first-order valence-corrected chi connectivity index (χ1v) is 5.73. The molecule has 0 N–H and O–H groups in total. The van der Waals surface area contributed by atoms with Gasteiger partial charge < -0.3 is 14.2 Å². The molecule has 0 amide bonds. The van der Waals surface area contributed by atoms with Gasteiger partial charge in [0.1, 0.15) is 6.10 Å². The predicted octanol–water partition coefficient (Wildman–Crippen LogP) is 1.73. The van der Waals surface area contributed by atoms with Crippen molar-refractivity contribution < 1.29 is 14.2 Å². The molecule has 0 aliphatic rings. The van der Waals surface area contributed by atoms with E-state index in [0.29, 0.717) is 13.2 Å². The Bertz CT molecular complexity index is 352. The van der Waals surface area contributed by atoms with Crippen LogP contribution in [0.1, 0.15) is 20.3 Å². The zero-order chi connectivity index (χ0) is 12.7. The summed E-state index contributed by atoms with van der Waals surface area (Å²) in [5.41, 5.74) is 0. The van der Waals surface area contributed by atoms with Gasteiger partial charge in [-0.2, -0.15) is 9.97 Å². The van der Waals surface area contributed by atoms with Crippen LogP contribution in [-0.2, 0) is 4.74 Å². The maximum absolute atomic E-state index is 5.74. The van der Waals surface area contributed by atoms with Gasteiger partial charge in [-0.05, 0) is 24.9 Å². The van der Waals surface area contributed by atoms with E-state index in [4.69, 9.17) is 25.8 Å².